The van der Waals surface area contributed by atoms with Crippen molar-refractivity contribution in [2.45, 2.75) is 26.7 Å². The van der Waals surface area contributed by atoms with E-state index in [2.05, 4.69) is 22.3 Å². The maximum atomic E-state index is 12.4. The molecular formula is C23H25N3O2. The molecule has 2 aromatic carbocycles. The maximum Gasteiger partial charge on any atom is 0.262 e. The zero-order chi connectivity index (χ0) is 19.5. The fourth-order valence-electron chi connectivity index (χ4n) is 3.56. The van der Waals surface area contributed by atoms with E-state index in [1.54, 1.807) is 0 Å². The summed E-state index contributed by atoms with van der Waals surface area (Å²) in [4.78, 5) is 19.5. The van der Waals surface area contributed by atoms with Gasteiger partial charge in [0, 0.05) is 24.2 Å². The molecule has 144 valence electrons. The van der Waals surface area contributed by atoms with Crippen LogP contribution in [0.2, 0.25) is 0 Å². The van der Waals surface area contributed by atoms with Crippen molar-refractivity contribution in [1.29, 1.82) is 0 Å². The molecular weight excluding hydrogens is 350 g/mol. The third-order valence-electron chi connectivity index (χ3n) is 5.34. The number of hydrogen-bond acceptors (Lipinski definition) is 4. The lowest BCUT2D eigenvalue weighted by atomic mass is 10.1. The van der Waals surface area contributed by atoms with E-state index in [0.29, 0.717) is 5.75 Å². The first-order chi connectivity index (χ1) is 13.6. The Morgan fingerprint density at radius 3 is 2.68 bits per heavy atom. The molecule has 5 heteroatoms. The molecule has 0 bridgehead atoms. The Labute approximate surface area is 165 Å². The quantitative estimate of drug-likeness (QED) is 0.715. The zero-order valence-electron chi connectivity index (χ0n) is 16.4. The molecule has 1 fully saturated rings. The van der Waals surface area contributed by atoms with Gasteiger partial charge < -0.3 is 15.0 Å². The van der Waals surface area contributed by atoms with E-state index in [1.165, 1.54) is 12.8 Å². The molecule has 0 unspecified atom stereocenters. The number of para-hydroxylation sites is 1. The van der Waals surface area contributed by atoms with E-state index in [1.807, 2.05) is 50.2 Å². The van der Waals surface area contributed by atoms with Crippen molar-refractivity contribution in [1.82, 2.24) is 4.98 Å². The number of amides is 1. The second-order valence-electron chi connectivity index (χ2n) is 7.28. The minimum absolute atomic E-state index is 0.0535. The van der Waals surface area contributed by atoms with Crippen molar-refractivity contribution in [2.75, 3.05) is 29.9 Å². The van der Waals surface area contributed by atoms with E-state index in [0.717, 1.165) is 46.6 Å². The number of fused-ring (bicyclic) bond motifs is 1. The Hall–Kier alpha value is -3.08. The Morgan fingerprint density at radius 1 is 1.07 bits per heavy atom. The van der Waals surface area contributed by atoms with Gasteiger partial charge in [-0.2, -0.15) is 0 Å². The second kappa shape index (κ2) is 7.89. The molecule has 2 heterocycles. The van der Waals surface area contributed by atoms with Crippen LogP contribution in [-0.4, -0.2) is 30.6 Å². The molecule has 1 aromatic heterocycles. The van der Waals surface area contributed by atoms with Crippen molar-refractivity contribution in [2.24, 2.45) is 0 Å². The number of carbonyl (C=O) groups excluding carboxylic acids is 1. The van der Waals surface area contributed by atoms with Crippen molar-refractivity contribution in [3.63, 3.8) is 0 Å². The first kappa shape index (κ1) is 18.3. The number of anilines is 2. The van der Waals surface area contributed by atoms with E-state index in [-0.39, 0.29) is 12.5 Å². The van der Waals surface area contributed by atoms with Crippen LogP contribution in [0, 0.1) is 13.8 Å². The lowest BCUT2D eigenvalue weighted by molar-refractivity contribution is -0.118. The van der Waals surface area contributed by atoms with Crippen molar-refractivity contribution in [3.8, 4) is 5.75 Å². The predicted molar refractivity (Wildman–Crippen MR) is 113 cm³/mol. The number of nitrogens with one attached hydrogen (secondary N) is 1. The van der Waals surface area contributed by atoms with Crippen LogP contribution in [0.25, 0.3) is 10.9 Å². The summed E-state index contributed by atoms with van der Waals surface area (Å²) in [6, 6.07) is 15.8. The molecule has 4 rings (SSSR count). The molecule has 1 saturated heterocycles. The third-order valence-corrected chi connectivity index (χ3v) is 5.34. The monoisotopic (exact) mass is 375 g/mol. The lowest BCUT2D eigenvalue weighted by Gasteiger charge is -2.17. The van der Waals surface area contributed by atoms with E-state index in [4.69, 9.17) is 9.72 Å². The summed E-state index contributed by atoms with van der Waals surface area (Å²) in [6.45, 7) is 6.06. The number of ether oxygens (including phenoxy) is 1. The van der Waals surface area contributed by atoms with Crippen LogP contribution < -0.4 is 15.0 Å². The van der Waals surface area contributed by atoms with Gasteiger partial charge in [-0.25, -0.2) is 4.98 Å². The Balaban J connectivity index is 1.50. The van der Waals surface area contributed by atoms with Crippen LogP contribution in [0.1, 0.15) is 24.0 Å². The van der Waals surface area contributed by atoms with Crippen LogP contribution in [-0.2, 0) is 4.79 Å². The summed E-state index contributed by atoms with van der Waals surface area (Å²) in [5.41, 5.74) is 3.83. The summed E-state index contributed by atoms with van der Waals surface area (Å²) in [5, 5.41) is 3.94. The van der Waals surface area contributed by atoms with Crippen molar-refractivity contribution >= 4 is 28.3 Å². The third kappa shape index (κ3) is 3.79. The van der Waals surface area contributed by atoms with Gasteiger partial charge in [-0.15, -0.1) is 0 Å². The number of aryl methyl sites for hydroxylation is 1. The predicted octanol–water partition coefficient (Wildman–Crippen LogP) is 4.47. The van der Waals surface area contributed by atoms with Gasteiger partial charge in [-0.1, -0.05) is 24.3 Å². The fraction of sp³-hybridized carbons (Fsp3) is 0.304. The van der Waals surface area contributed by atoms with Gasteiger partial charge in [0.1, 0.15) is 17.1 Å². The molecule has 1 aliphatic heterocycles. The molecule has 1 aliphatic rings. The standard InChI is InChI=1S/C23H25N3O2/c1-16-7-5-9-19(17(16)2)24-22(27)15-28-20-10-6-8-18-11-12-21(25-23(18)20)26-13-3-4-14-26/h5-12H,3-4,13-15H2,1-2H3,(H,24,27). The number of pyridine rings is 1. The summed E-state index contributed by atoms with van der Waals surface area (Å²) in [6.07, 6.45) is 2.41. The average Bonchev–Trinajstić information content (AvgIpc) is 3.24. The lowest BCUT2D eigenvalue weighted by Crippen LogP contribution is -2.21. The van der Waals surface area contributed by atoms with Gasteiger partial charge in [0.05, 0.1) is 0 Å². The minimum atomic E-state index is -0.179. The van der Waals surface area contributed by atoms with Gasteiger partial charge in [0.25, 0.3) is 5.91 Å². The summed E-state index contributed by atoms with van der Waals surface area (Å²) >= 11 is 0. The number of aromatic nitrogens is 1. The highest BCUT2D eigenvalue weighted by Gasteiger charge is 2.15. The Morgan fingerprint density at radius 2 is 1.86 bits per heavy atom. The molecule has 0 spiro atoms. The van der Waals surface area contributed by atoms with Crippen LogP contribution in [0.5, 0.6) is 5.75 Å². The van der Waals surface area contributed by atoms with Gasteiger partial charge in [0.15, 0.2) is 6.61 Å². The Bertz CT molecular complexity index is 1010. The molecule has 5 nitrogen and oxygen atoms in total. The summed E-state index contributed by atoms with van der Waals surface area (Å²) in [5.74, 6) is 1.43. The number of hydrogen-bond donors (Lipinski definition) is 1. The number of carbonyl (C=O) groups is 1. The van der Waals surface area contributed by atoms with Gasteiger partial charge in [-0.3, -0.25) is 4.79 Å². The topological polar surface area (TPSA) is 54.5 Å². The first-order valence-electron chi connectivity index (χ1n) is 9.75. The highest BCUT2D eigenvalue weighted by molar-refractivity contribution is 5.93. The highest BCUT2D eigenvalue weighted by Crippen LogP contribution is 2.28. The first-order valence-corrected chi connectivity index (χ1v) is 9.75. The van der Waals surface area contributed by atoms with E-state index >= 15 is 0 Å². The molecule has 0 radical (unpaired) electrons. The van der Waals surface area contributed by atoms with Crippen LogP contribution >= 0.6 is 0 Å². The molecule has 1 amide bonds. The molecule has 3 aromatic rings. The molecule has 28 heavy (non-hydrogen) atoms. The van der Waals surface area contributed by atoms with Gasteiger partial charge in [0.2, 0.25) is 0 Å². The van der Waals surface area contributed by atoms with Gasteiger partial charge >= 0.3 is 0 Å². The molecule has 0 saturated carbocycles. The summed E-state index contributed by atoms with van der Waals surface area (Å²) < 4.78 is 5.85. The maximum absolute atomic E-state index is 12.4. The normalized spacial score (nSPS) is 13.7. The minimum Gasteiger partial charge on any atom is -0.481 e. The highest BCUT2D eigenvalue weighted by atomic mass is 16.5. The number of nitrogens with zero attached hydrogens (tertiary/aromatic N) is 2. The summed E-state index contributed by atoms with van der Waals surface area (Å²) in [7, 11) is 0. The molecule has 0 atom stereocenters. The largest absolute Gasteiger partial charge is 0.481 e. The van der Waals surface area contributed by atoms with E-state index < -0.39 is 0 Å². The molecule has 0 aliphatic carbocycles. The number of rotatable bonds is 5. The van der Waals surface area contributed by atoms with Crippen molar-refractivity contribution < 1.29 is 9.53 Å². The van der Waals surface area contributed by atoms with E-state index in [9.17, 15) is 4.79 Å². The zero-order valence-corrected chi connectivity index (χ0v) is 16.4. The molecule has 1 N–H and O–H groups in total. The van der Waals surface area contributed by atoms with Crippen LogP contribution in [0.15, 0.2) is 48.5 Å². The second-order valence-corrected chi connectivity index (χ2v) is 7.28. The Kier molecular flexibility index (Phi) is 5.15. The fourth-order valence-corrected chi connectivity index (χ4v) is 3.56. The van der Waals surface area contributed by atoms with Crippen LogP contribution in [0.4, 0.5) is 11.5 Å². The smallest absolute Gasteiger partial charge is 0.262 e. The average molecular weight is 375 g/mol. The van der Waals surface area contributed by atoms with Gasteiger partial charge in [-0.05, 0) is 62.1 Å². The van der Waals surface area contributed by atoms with Crippen molar-refractivity contribution in [3.05, 3.63) is 59.7 Å². The number of benzene rings is 2. The van der Waals surface area contributed by atoms with Crippen LogP contribution in [0.3, 0.4) is 0 Å². The SMILES string of the molecule is Cc1cccc(NC(=O)COc2cccc3ccc(N4CCCC4)nc23)c1C.